The standard InChI is InChI=1S/C16H21N3O3S2/c1-11-12(2)23-15(19-11)5-4-10-18-24(21,22)14-8-6-13(7-9-14)16(20)17-3/h6-9,18H,4-5,10H2,1-3H3,(H,17,20). The Morgan fingerprint density at radius 1 is 1.21 bits per heavy atom. The van der Waals surface area contributed by atoms with Crippen LogP contribution in [-0.4, -0.2) is 32.9 Å². The van der Waals surface area contributed by atoms with Crippen molar-refractivity contribution in [3.8, 4) is 0 Å². The number of thiazole rings is 1. The summed E-state index contributed by atoms with van der Waals surface area (Å²) < 4.78 is 27.0. The van der Waals surface area contributed by atoms with E-state index >= 15 is 0 Å². The Morgan fingerprint density at radius 2 is 1.88 bits per heavy atom. The van der Waals surface area contributed by atoms with Crippen molar-refractivity contribution in [2.24, 2.45) is 0 Å². The predicted molar refractivity (Wildman–Crippen MR) is 94.9 cm³/mol. The van der Waals surface area contributed by atoms with Crippen LogP contribution >= 0.6 is 11.3 Å². The number of aryl methyl sites for hydroxylation is 3. The molecule has 0 spiro atoms. The van der Waals surface area contributed by atoms with Crippen LogP contribution in [0.25, 0.3) is 0 Å². The average molecular weight is 367 g/mol. The van der Waals surface area contributed by atoms with Gasteiger partial charge in [0.25, 0.3) is 5.91 Å². The van der Waals surface area contributed by atoms with Gasteiger partial charge in [0.1, 0.15) is 0 Å². The Balaban J connectivity index is 1.90. The Kier molecular flexibility index (Phi) is 6.09. The van der Waals surface area contributed by atoms with E-state index in [1.807, 2.05) is 13.8 Å². The fraction of sp³-hybridized carbons (Fsp3) is 0.375. The zero-order chi connectivity index (χ0) is 17.7. The monoisotopic (exact) mass is 367 g/mol. The Bertz CT molecular complexity index is 792. The number of hydrogen-bond acceptors (Lipinski definition) is 5. The number of carbonyl (C=O) groups is 1. The third kappa shape index (κ3) is 4.62. The Labute approximate surface area is 146 Å². The fourth-order valence-electron chi connectivity index (χ4n) is 2.11. The van der Waals surface area contributed by atoms with E-state index in [0.29, 0.717) is 18.5 Å². The Morgan fingerprint density at radius 3 is 2.42 bits per heavy atom. The molecule has 0 fully saturated rings. The lowest BCUT2D eigenvalue weighted by atomic mass is 10.2. The number of carbonyl (C=O) groups excluding carboxylic acids is 1. The average Bonchev–Trinajstić information content (AvgIpc) is 2.89. The second-order valence-corrected chi connectivity index (χ2v) is 8.41. The van der Waals surface area contributed by atoms with Crippen LogP contribution in [-0.2, 0) is 16.4 Å². The fourth-order valence-corrected chi connectivity index (χ4v) is 4.16. The number of nitrogens with zero attached hydrogens (tertiary/aromatic N) is 1. The molecule has 6 nitrogen and oxygen atoms in total. The molecule has 24 heavy (non-hydrogen) atoms. The van der Waals surface area contributed by atoms with Gasteiger partial charge in [-0.2, -0.15) is 0 Å². The molecular formula is C16H21N3O3S2. The van der Waals surface area contributed by atoms with Gasteiger partial charge in [0, 0.05) is 30.5 Å². The first-order valence-electron chi connectivity index (χ1n) is 7.58. The van der Waals surface area contributed by atoms with Gasteiger partial charge in [0.2, 0.25) is 10.0 Å². The summed E-state index contributed by atoms with van der Waals surface area (Å²) >= 11 is 1.65. The maximum atomic E-state index is 12.2. The van der Waals surface area contributed by atoms with Crippen molar-refractivity contribution in [3.05, 3.63) is 45.4 Å². The molecule has 0 aliphatic heterocycles. The van der Waals surface area contributed by atoms with E-state index in [9.17, 15) is 13.2 Å². The lowest BCUT2D eigenvalue weighted by Crippen LogP contribution is -2.25. The molecule has 1 aromatic heterocycles. The summed E-state index contributed by atoms with van der Waals surface area (Å²) in [5.41, 5.74) is 1.46. The highest BCUT2D eigenvalue weighted by molar-refractivity contribution is 7.89. The van der Waals surface area contributed by atoms with E-state index in [1.165, 1.54) is 36.2 Å². The van der Waals surface area contributed by atoms with Gasteiger partial charge in [-0.15, -0.1) is 11.3 Å². The minimum Gasteiger partial charge on any atom is -0.355 e. The molecule has 0 saturated heterocycles. The minimum absolute atomic E-state index is 0.149. The highest BCUT2D eigenvalue weighted by atomic mass is 32.2. The molecule has 2 aromatic rings. The van der Waals surface area contributed by atoms with Crippen LogP contribution in [0.1, 0.15) is 32.4 Å². The molecule has 0 bridgehead atoms. The first-order chi connectivity index (χ1) is 11.3. The van der Waals surface area contributed by atoms with Crippen LogP contribution in [0.15, 0.2) is 29.2 Å². The largest absolute Gasteiger partial charge is 0.355 e. The number of rotatable bonds is 7. The van der Waals surface area contributed by atoms with Gasteiger partial charge in [-0.3, -0.25) is 4.79 Å². The van der Waals surface area contributed by atoms with Gasteiger partial charge >= 0.3 is 0 Å². The summed E-state index contributed by atoms with van der Waals surface area (Å²) in [7, 11) is -2.04. The quantitative estimate of drug-likeness (QED) is 0.733. The van der Waals surface area contributed by atoms with E-state index in [1.54, 1.807) is 11.3 Å². The van der Waals surface area contributed by atoms with Crippen molar-refractivity contribution in [1.29, 1.82) is 0 Å². The molecule has 0 aliphatic carbocycles. The summed E-state index contributed by atoms with van der Waals surface area (Å²) in [6.07, 6.45) is 1.43. The molecule has 0 radical (unpaired) electrons. The molecule has 130 valence electrons. The van der Waals surface area contributed by atoms with Crippen LogP contribution in [0, 0.1) is 13.8 Å². The van der Waals surface area contributed by atoms with Gasteiger partial charge < -0.3 is 5.32 Å². The zero-order valence-electron chi connectivity index (χ0n) is 13.9. The number of hydrogen-bond donors (Lipinski definition) is 2. The van der Waals surface area contributed by atoms with Crippen molar-refractivity contribution >= 4 is 27.3 Å². The SMILES string of the molecule is CNC(=O)c1ccc(S(=O)(=O)NCCCc2nc(C)c(C)s2)cc1. The summed E-state index contributed by atoms with van der Waals surface area (Å²) in [4.78, 5) is 17.2. The molecule has 8 heteroatoms. The minimum atomic E-state index is -3.57. The molecule has 0 saturated carbocycles. The highest BCUT2D eigenvalue weighted by Crippen LogP contribution is 2.17. The van der Waals surface area contributed by atoms with E-state index < -0.39 is 10.0 Å². The second-order valence-electron chi connectivity index (χ2n) is 5.35. The first kappa shape index (κ1) is 18.6. The molecule has 2 N–H and O–H groups in total. The number of sulfonamides is 1. The van der Waals surface area contributed by atoms with Crippen molar-refractivity contribution in [3.63, 3.8) is 0 Å². The molecule has 0 unspecified atom stereocenters. The van der Waals surface area contributed by atoms with Gasteiger partial charge in [-0.25, -0.2) is 18.1 Å². The topological polar surface area (TPSA) is 88.2 Å². The molecular weight excluding hydrogens is 346 g/mol. The van der Waals surface area contributed by atoms with Crippen LogP contribution in [0.5, 0.6) is 0 Å². The van der Waals surface area contributed by atoms with E-state index in [2.05, 4.69) is 15.0 Å². The summed E-state index contributed by atoms with van der Waals surface area (Å²) in [6, 6.07) is 5.85. The van der Waals surface area contributed by atoms with Gasteiger partial charge in [0.05, 0.1) is 15.6 Å². The normalized spacial score (nSPS) is 11.5. The van der Waals surface area contributed by atoms with E-state index in [0.717, 1.165) is 17.1 Å². The Hall–Kier alpha value is -1.77. The lowest BCUT2D eigenvalue weighted by molar-refractivity contribution is 0.0963. The highest BCUT2D eigenvalue weighted by Gasteiger charge is 2.14. The smallest absolute Gasteiger partial charge is 0.251 e. The number of benzene rings is 1. The summed E-state index contributed by atoms with van der Waals surface area (Å²) in [6.45, 7) is 4.35. The lowest BCUT2D eigenvalue weighted by Gasteiger charge is -2.07. The third-order valence-corrected chi connectivity index (χ3v) is 6.20. The van der Waals surface area contributed by atoms with Crippen molar-refractivity contribution in [2.75, 3.05) is 13.6 Å². The van der Waals surface area contributed by atoms with Crippen molar-refractivity contribution in [2.45, 2.75) is 31.6 Å². The van der Waals surface area contributed by atoms with Gasteiger partial charge in [-0.1, -0.05) is 0 Å². The maximum absolute atomic E-state index is 12.2. The number of amides is 1. The molecule has 1 amide bonds. The second kappa shape index (κ2) is 7.87. The molecule has 0 atom stereocenters. The molecule has 1 aromatic carbocycles. The van der Waals surface area contributed by atoms with Crippen molar-refractivity contribution in [1.82, 2.24) is 15.0 Å². The molecule has 1 heterocycles. The van der Waals surface area contributed by atoms with Crippen LogP contribution < -0.4 is 10.0 Å². The summed E-state index contributed by atoms with van der Waals surface area (Å²) in [5.74, 6) is -0.249. The van der Waals surface area contributed by atoms with Crippen LogP contribution in [0.2, 0.25) is 0 Å². The van der Waals surface area contributed by atoms with E-state index in [-0.39, 0.29) is 10.8 Å². The summed E-state index contributed by atoms with van der Waals surface area (Å²) in [5, 5.41) is 3.52. The zero-order valence-corrected chi connectivity index (χ0v) is 15.6. The maximum Gasteiger partial charge on any atom is 0.251 e. The third-order valence-electron chi connectivity index (χ3n) is 3.59. The number of aromatic nitrogens is 1. The predicted octanol–water partition coefficient (Wildman–Crippen LogP) is 2.03. The molecule has 0 aliphatic rings. The van der Waals surface area contributed by atoms with Crippen LogP contribution in [0.3, 0.4) is 0 Å². The van der Waals surface area contributed by atoms with Crippen LogP contribution in [0.4, 0.5) is 0 Å². The van der Waals surface area contributed by atoms with Gasteiger partial charge in [0.15, 0.2) is 0 Å². The first-order valence-corrected chi connectivity index (χ1v) is 9.88. The van der Waals surface area contributed by atoms with E-state index in [4.69, 9.17) is 0 Å². The van der Waals surface area contributed by atoms with Crippen molar-refractivity contribution < 1.29 is 13.2 Å². The van der Waals surface area contributed by atoms with Gasteiger partial charge in [-0.05, 0) is 44.5 Å². The number of nitrogens with one attached hydrogen (secondary N) is 2. The molecule has 2 rings (SSSR count).